The van der Waals surface area contributed by atoms with Gasteiger partial charge in [0, 0.05) is 32.5 Å². The molecule has 1 amide bonds. The Morgan fingerprint density at radius 2 is 2.24 bits per heavy atom. The number of nitrogens with zero attached hydrogens (tertiary/aromatic N) is 4. The lowest BCUT2D eigenvalue weighted by Gasteiger charge is -2.09. The van der Waals surface area contributed by atoms with E-state index < -0.39 is 0 Å². The first-order valence-electron chi connectivity index (χ1n) is 8.11. The van der Waals surface area contributed by atoms with Gasteiger partial charge in [-0.2, -0.15) is 5.10 Å². The summed E-state index contributed by atoms with van der Waals surface area (Å²) >= 11 is 7.13. The fraction of sp³-hybridized carbons (Fsp3) is 0.600. The maximum absolute atomic E-state index is 11.5. The molecule has 2 aromatic rings. The number of halogens is 1. The molecule has 25 heavy (non-hydrogen) atoms. The maximum Gasteiger partial charge on any atom is 0.221 e. The second-order valence-electron chi connectivity index (χ2n) is 5.10. The number of hydrogen-bond donors (Lipinski definition) is 2. The smallest absolute Gasteiger partial charge is 0.221 e. The third kappa shape index (κ3) is 5.72. The monoisotopic (exact) mass is 386 g/mol. The molecule has 2 aromatic heterocycles. The maximum atomic E-state index is 11.5. The van der Waals surface area contributed by atoms with Crippen molar-refractivity contribution >= 4 is 46.1 Å². The molecule has 0 spiro atoms. The fourth-order valence-corrected chi connectivity index (χ4v) is 2.91. The van der Waals surface area contributed by atoms with E-state index in [0.29, 0.717) is 43.7 Å². The zero-order chi connectivity index (χ0) is 18.1. The highest BCUT2D eigenvalue weighted by atomic mass is 35.5. The highest BCUT2D eigenvalue weighted by Crippen LogP contribution is 2.24. The van der Waals surface area contributed by atoms with E-state index in [2.05, 4.69) is 32.6 Å². The van der Waals surface area contributed by atoms with Crippen LogP contribution in [-0.2, 0) is 16.1 Å². The quantitative estimate of drug-likeness (QED) is 0.263. The van der Waals surface area contributed by atoms with Crippen molar-refractivity contribution in [2.24, 2.45) is 0 Å². The van der Waals surface area contributed by atoms with Crippen LogP contribution in [0.3, 0.4) is 0 Å². The van der Waals surface area contributed by atoms with Crippen molar-refractivity contribution in [2.45, 2.75) is 25.0 Å². The second-order valence-corrected chi connectivity index (χ2v) is 6.71. The Morgan fingerprint density at radius 1 is 1.40 bits per heavy atom. The molecule has 2 N–H and O–H groups in total. The number of fused-ring (bicyclic) bond motifs is 1. The van der Waals surface area contributed by atoms with Crippen LogP contribution in [0.1, 0.15) is 13.3 Å². The SMILES string of the molecule is CCSc1nc(NCCOC)c2cnn(CCNC(=O)CCCl)c2n1. The summed E-state index contributed by atoms with van der Waals surface area (Å²) in [6.07, 6.45) is 2.06. The summed E-state index contributed by atoms with van der Waals surface area (Å²) in [6, 6.07) is 0. The van der Waals surface area contributed by atoms with E-state index in [0.717, 1.165) is 22.6 Å². The lowest BCUT2D eigenvalue weighted by molar-refractivity contribution is -0.120. The molecule has 0 aliphatic rings. The van der Waals surface area contributed by atoms with Crippen molar-refractivity contribution in [3.8, 4) is 0 Å². The number of aromatic nitrogens is 4. The Labute approximate surface area is 156 Å². The molecule has 0 fully saturated rings. The number of ether oxygens (including phenoxy) is 1. The number of methoxy groups -OCH3 is 1. The number of thioether (sulfide) groups is 1. The first kappa shape index (κ1) is 19.7. The van der Waals surface area contributed by atoms with Gasteiger partial charge >= 0.3 is 0 Å². The van der Waals surface area contributed by atoms with E-state index in [1.54, 1.807) is 29.8 Å². The number of nitrogens with one attached hydrogen (secondary N) is 2. The average Bonchev–Trinajstić information content (AvgIpc) is 2.99. The summed E-state index contributed by atoms with van der Waals surface area (Å²) in [6.45, 7) is 4.29. The van der Waals surface area contributed by atoms with Crippen LogP contribution in [0.15, 0.2) is 11.4 Å². The first-order chi connectivity index (χ1) is 12.2. The molecule has 0 aliphatic carbocycles. The summed E-state index contributed by atoms with van der Waals surface area (Å²) in [7, 11) is 1.66. The molecule has 2 heterocycles. The summed E-state index contributed by atoms with van der Waals surface area (Å²) < 4.78 is 6.85. The molecule has 0 saturated heterocycles. The van der Waals surface area contributed by atoms with Gasteiger partial charge in [0.15, 0.2) is 10.8 Å². The highest BCUT2D eigenvalue weighted by molar-refractivity contribution is 7.99. The van der Waals surface area contributed by atoms with Gasteiger partial charge in [0.2, 0.25) is 5.91 Å². The molecular formula is C15H23ClN6O2S. The van der Waals surface area contributed by atoms with E-state index in [-0.39, 0.29) is 5.91 Å². The van der Waals surface area contributed by atoms with Crippen LogP contribution < -0.4 is 10.6 Å². The predicted octanol–water partition coefficient (Wildman–Crippen LogP) is 1.74. The highest BCUT2D eigenvalue weighted by Gasteiger charge is 2.13. The third-order valence-electron chi connectivity index (χ3n) is 3.32. The van der Waals surface area contributed by atoms with Crippen LogP contribution in [-0.4, -0.2) is 64.1 Å². The summed E-state index contributed by atoms with van der Waals surface area (Å²) in [5.41, 5.74) is 0.748. The zero-order valence-electron chi connectivity index (χ0n) is 14.4. The van der Waals surface area contributed by atoms with Crippen LogP contribution in [0.25, 0.3) is 11.0 Å². The van der Waals surface area contributed by atoms with E-state index in [9.17, 15) is 4.79 Å². The van der Waals surface area contributed by atoms with Gasteiger partial charge in [-0.1, -0.05) is 18.7 Å². The number of alkyl halides is 1. The Bertz CT molecular complexity index is 696. The number of carbonyl (C=O) groups excluding carboxylic acids is 1. The van der Waals surface area contributed by atoms with Gasteiger partial charge in [-0.15, -0.1) is 11.6 Å². The molecule has 0 aromatic carbocycles. The van der Waals surface area contributed by atoms with Crippen molar-refractivity contribution in [1.82, 2.24) is 25.1 Å². The predicted molar refractivity (Wildman–Crippen MR) is 100 cm³/mol. The number of rotatable bonds is 11. The average molecular weight is 387 g/mol. The normalized spacial score (nSPS) is 11.0. The first-order valence-corrected chi connectivity index (χ1v) is 9.63. The Morgan fingerprint density at radius 3 is 2.96 bits per heavy atom. The van der Waals surface area contributed by atoms with Crippen molar-refractivity contribution in [1.29, 1.82) is 0 Å². The lowest BCUT2D eigenvalue weighted by atomic mass is 10.4. The minimum atomic E-state index is -0.0646. The van der Waals surface area contributed by atoms with Crippen LogP contribution >= 0.6 is 23.4 Å². The molecule has 0 radical (unpaired) electrons. The molecule has 0 bridgehead atoms. The number of hydrogen-bond acceptors (Lipinski definition) is 7. The molecule has 8 nitrogen and oxygen atoms in total. The van der Waals surface area contributed by atoms with Gasteiger partial charge in [-0.3, -0.25) is 4.79 Å². The molecule has 0 unspecified atom stereocenters. The Balaban J connectivity index is 2.16. The topological polar surface area (TPSA) is 94.0 Å². The number of amides is 1. The van der Waals surface area contributed by atoms with E-state index >= 15 is 0 Å². The molecule has 138 valence electrons. The Hall–Kier alpha value is -1.58. The minimum absolute atomic E-state index is 0.0646. The summed E-state index contributed by atoms with van der Waals surface area (Å²) in [5, 5.41) is 12.0. The van der Waals surface area contributed by atoms with Crippen LogP contribution in [0, 0.1) is 0 Å². The van der Waals surface area contributed by atoms with Crippen LogP contribution in [0.5, 0.6) is 0 Å². The van der Waals surface area contributed by atoms with E-state index in [1.807, 2.05) is 0 Å². The largest absolute Gasteiger partial charge is 0.383 e. The molecular weight excluding hydrogens is 364 g/mol. The van der Waals surface area contributed by atoms with E-state index in [4.69, 9.17) is 16.3 Å². The molecule has 2 rings (SSSR count). The fourth-order valence-electron chi connectivity index (χ4n) is 2.17. The van der Waals surface area contributed by atoms with Gasteiger partial charge in [-0.05, 0) is 5.75 Å². The summed E-state index contributed by atoms with van der Waals surface area (Å²) in [4.78, 5) is 20.7. The van der Waals surface area contributed by atoms with Crippen molar-refractivity contribution in [3.05, 3.63) is 6.20 Å². The standard InChI is InChI=1S/C15H23ClN6O2S/c1-3-25-15-20-13(18-7-9-24-2)11-10-19-22(14(11)21-15)8-6-17-12(23)4-5-16/h10H,3-9H2,1-2H3,(H,17,23)(H,18,20,21). The summed E-state index contributed by atoms with van der Waals surface area (Å²) in [5.74, 6) is 1.88. The molecule has 10 heteroatoms. The van der Waals surface area contributed by atoms with Gasteiger partial charge < -0.3 is 15.4 Å². The van der Waals surface area contributed by atoms with Crippen LogP contribution in [0.4, 0.5) is 5.82 Å². The van der Waals surface area contributed by atoms with Crippen LogP contribution in [0.2, 0.25) is 0 Å². The van der Waals surface area contributed by atoms with Crippen molar-refractivity contribution < 1.29 is 9.53 Å². The molecule has 0 atom stereocenters. The van der Waals surface area contributed by atoms with Gasteiger partial charge in [0.1, 0.15) is 5.82 Å². The lowest BCUT2D eigenvalue weighted by Crippen LogP contribution is -2.27. The number of anilines is 1. The zero-order valence-corrected chi connectivity index (χ0v) is 16.0. The van der Waals surface area contributed by atoms with Crippen molar-refractivity contribution in [3.63, 3.8) is 0 Å². The van der Waals surface area contributed by atoms with Gasteiger partial charge in [-0.25, -0.2) is 14.6 Å². The molecule has 0 saturated carbocycles. The minimum Gasteiger partial charge on any atom is -0.383 e. The number of carbonyl (C=O) groups is 1. The second kappa shape index (κ2) is 10.4. The Kier molecular flexibility index (Phi) is 8.23. The van der Waals surface area contributed by atoms with Crippen molar-refractivity contribution in [2.75, 3.05) is 43.8 Å². The van der Waals surface area contributed by atoms with Gasteiger partial charge in [0.05, 0.1) is 24.7 Å². The van der Waals surface area contributed by atoms with E-state index in [1.165, 1.54) is 0 Å². The molecule has 0 aliphatic heterocycles. The third-order valence-corrected chi connectivity index (χ3v) is 4.23. The van der Waals surface area contributed by atoms with Gasteiger partial charge in [0.25, 0.3) is 0 Å².